The van der Waals surface area contributed by atoms with Gasteiger partial charge in [-0.1, -0.05) is 29.5 Å². The second-order valence-corrected chi connectivity index (χ2v) is 7.59. The highest BCUT2D eigenvalue weighted by Crippen LogP contribution is 2.23. The average Bonchev–Trinajstić information content (AvgIpc) is 3.14. The molecule has 158 valence electrons. The number of Topliss-reactive ketones (excluding diaryl/α,β-unsaturated/α-hetero) is 1. The first-order valence-corrected chi connectivity index (χ1v) is 10.1. The molecule has 0 atom stereocenters. The number of aromatic amines is 1. The molecule has 3 N–H and O–H groups in total. The summed E-state index contributed by atoms with van der Waals surface area (Å²) in [5.41, 5.74) is 7.26. The third kappa shape index (κ3) is 4.36. The van der Waals surface area contributed by atoms with E-state index in [1.54, 1.807) is 10.9 Å². The maximum atomic E-state index is 12.8. The van der Waals surface area contributed by atoms with Gasteiger partial charge in [0, 0.05) is 7.11 Å². The molecule has 3 rings (SSSR count). The number of hydrogen-bond donors (Lipinski definition) is 2. The van der Waals surface area contributed by atoms with Crippen molar-refractivity contribution in [3.8, 4) is 5.69 Å². The van der Waals surface area contributed by atoms with E-state index in [-0.39, 0.29) is 30.3 Å². The van der Waals surface area contributed by atoms with Gasteiger partial charge in [0.1, 0.15) is 17.7 Å². The number of anilines is 1. The molecule has 0 fully saturated rings. The Hall–Kier alpha value is -3.18. The first-order valence-electron chi connectivity index (χ1n) is 9.08. The molecule has 10 nitrogen and oxygen atoms in total. The summed E-state index contributed by atoms with van der Waals surface area (Å²) in [6.45, 7) is 4.31. The van der Waals surface area contributed by atoms with Gasteiger partial charge in [-0.15, -0.1) is 10.2 Å². The van der Waals surface area contributed by atoms with Crippen LogP contribution in [0.25, 0.3) is 5.69 Å². The van der Waals surface area contributed by atoms with Gasteiger partial charge in [0.25, 0.3) is 5.56 Å². The van der Waals surface area contributed by atoms with Crippen LogP contribution in [0.2, 0.25) is 0 Å². The van der Waals surface area contributed by atoms with E-state index in [2.05, 4.69) is 15.2 Å². The van der Waals surface area contributed by atoms with Crippen LogP contribution in [0.15, 0.2) is 39.3 Å². The fraction of sp³-hybridized carbons (Fsp3) is 0.316. The highest BCUT2D eigenvalue weighted by Gasteiger charge is 2.20. The molecule has 0 bridgehead atoms. The Morgan fingerprint density at radius 1 is 1.30 bits per heavy atom. The third-order valence-electron chi connectivity index (χ3n) is 4.50. The molecule has 0 aliphatic carbocycles. The molecule has 1 aromatic carbocycles. The molecule has 0 saturated heterocycles. The third-order valence-corrected chi connectivity index (χ3v) is 5.44. The molecule has 0 aliphatic rings. The van der Waals surface area contributed by atoms with Gasteiger partial charge < -0.3 is 10.5 Å². The number of carbonyl (C=O) groups is 1. The number of carbonyl (C=O) groups excluding carboxylic acids is 1. The van der Waals surface area contributed by atoms with Crippen molar-refractivity contribution in [3.05, 3.63) is 62.1 Å². The summed E-state index contributed by atoms with van der Waals surface area (Å²) >= 11 is 1.13. The van der Waals surface area contributed by atoms with E-state index >= 15 is 0 Å². The number of nitrogens with one attached hydrogen (secondary N) is 1. The summed E-state index contributed by atoms with van der Waals surface area (Å²) < 4.78 is 7.83. The normalized spacial score (nSPS) is 11.0. The van der Waals surface area contributed by atoms with Crippen molar-refractivity contribution in [1.82, 2.24) is 24.3 Å². The minimum atomic E-state index is -0.812. The summed E-state index contributed by atoms with van der Waals surface area (Å²) in [4.78, 5) is 39.1. The SMILES string of the molecule is COCCn1c(N)c(C(=O)CSc2nncn2-c2ccc(C)cc2C)c(=O)[nH]c1=O. The van der Waals surface area contributed by atoms with Gasteiger partial charge in [0.15, 0.2) is 10.9 Å². The lowest BCUT2D eigenvalue weighted by molar-refractivity contribution is 0.102. The van der Waals surface area contributed by atoms with Crippen LogP contribution in [-0.4, -0.2) is 49.6 Å². The Bertz CT molecular complexity index is 1200. The number of methoxy groups -OCH3 is 1. The molecule has 0 amide bonds. The van der Waals surface area contributed by atoms with Crippen LogP contribution in [0.3, 0.4) is 0 Å². The fourth-order valence-corrected chi connectivity index (χ4v) is 3.82. The zero-order valence-electron chi connectivity index (χ0n) is 16.8. The predicted molar refractivity (Wildman–Crippen MR) is 113 cm³/mol. The summed E-state index contributed by atoms with van der Waals surface area (Å²) in [5.74, 6) is -0.790. The number of aromatic nitrogens is 5. The molecule has 0 saturated carbocycles. The van der Waals surface area contributed by atoms with Crippen molar-refractivity contribution in [3.63, 3.8) is 0 Å². The van der Waals surface area contributed by atoms with Crippen LogP contribution < -0.4 is 17.0 Å². The fourth-order valence-electron chi connectivity index (χ4n) is 3.03. The smallest absolute Gasteiger partial charge is 0.330 e. The maximum Gasteiger partial charge on any atom is 0.330 e. The van der Waals surface area contributed by atoms with E-state index in [1.165, 1.54) is 7.11 Å². The highest BCUT2D eigenvalue weighted by atomic mass is 32.2. The molecule has 3 aromatic rings. The predicted octanol–water partition coefficient (Wildman–Crippen LogP) is 0.938. The molecule has 0 unspecified atom stereocenters. The second kappa shape index (κ2) is 9.09. The van der Waals surface area contributed by atoms with Crippen molar-refractivity contribution >= 4 is 23.4 Å². The van der Waals surface area contributed by atoms with E-state index in [0.29, 0.717) is 5.16 Å². The van der Waals surface area contributed by atoms with Crippen LogP contribution in [0, 0.1) is 13.8 Å². The van der Waals surface area contributed by atoms with Crippen molar-refractivity contribution in [2.75, 3.05) is 25.2 Å². The van der Waals surface area contributed by atoms with Crippen molar-refractivity contribution in [2.45, 2.75) is 25.5 Å². The number of hydrogen-bond acceptors (Lipinski definition) is 8. The van der Waals surface area contributed by atoms with Gasteiger partial charge in [-0.05, 0) is 25.5 Å². The van der Waals surface area contributed by atoms with Crippen molar-refractivity contribution in [1.29, 1.82) is 0 Å². The van der Waals surface area contributed by atoms with Gasteiger partial charge in [0.2, 0.25) is 0 Å². The monoisotopic (exact) mass is 430 g/mol. The number of thioether (sulfide) groups is 1. The molecule has 11 heteroatoms. The van der Waals surface area contributed by atoms with E-state index in [0.717, 1.165) is 33.1 Å². The van der Waals surface area contributed by atoms with Crippen molar-refractivity contribution in [2.24, 2.45) is 0 Å². The van der Waals surface area contributed by atoms with Gasteiger partial charge in [-0.2, -0.15) is 0 Å². The lowest BCUT2D eigenvalue weighted by Gasteiger charge is -2.12. The van der Waals surface area contributed by atoms with E-state index in [4.69, 9.17) is 10.5 Å². The second-order valence-electron chi connectivity index (χ2n) is 6.65. The first-order chi connectivity index (χ1) is 14.3. The molecule has 0 radical (unpaired) electrons. The Morgan fingerprint density at radius 3 is 2.77 bits per heavy atom. The summed E-state index contributed by atoms with van der Waals surface area (Å²) in [7, 11) is 1.47. The lowest BCUT2D eigenvalue weighted by Crippen LogP contribution is -2.37. The van der Waals surface area contributed by atoms with Gasteiger partial charge in [-0.3, -0.25) is 23.7 Å². The number of rotatable bonds is 8. The molecule has 2 aromatic heterocycles. The average molecular weight is 430 g/mol. The molecular formula is C19H22N6O4S. The number of benzene rings is 1. The first kappa shape index (κ1) is 21.5. The van der Waals surface area contributed by atoms with Crippen LogP contribution in [0.5, 0.6) is 0 Å². The summed E-state index contributed by atoms with van der Waals surface area (Å²) in [6.07, 6.45) is 1.57. The summed E-state index contributed by atoms with van der Waals surface area (Å²) in [5, 5.41) is 8.51. The molecule has 30 heavy (non-hydrogen) atoms. The molecule has 0 aliphatic heterocycles. The Morgan fingerprint density at radius 2 is 2.07 bits per heavy atom. The van der Waals surface area contributed by atoms with E-state index in [9.17, 15) is 14.4 Å². The van der Waals surface area contributed by atoms with E-state index in [1.807, 2.05) is 32.0 Å². The Balaban J connectivity index is 1.85. The number of nitrogens with zero attached hydrogens (tertiary/aromatic N) is 4. The minimum Gasteiger partial charge on any atom is -0.384 e. The minimum absolute atomic E-state index is 0.0979. The number of ketones is 1. The number of H-pyrrole nitrogens is 1. The quantitative estimate of drug-likeness (QED) is 0.398. The maximum absolute atomic E-state index is 12.8. The van der Waals surface area contributed by atoms with Crippen LogP contribution in [0.4, 0.5) is 5.82 Å². The Kier molecular flexibility index (Phi) is 6.53. The van der Waals surface area contributed by atoms with Gasteiger partial charge in [-0.25, -0.2) is 4.79 Å². The summed E-state index contributed by atoms with van der Waals surface area (Å²) in [6, 6.07) is 5.97. The molecular weight excluding hydrogens is 408 g/mol. The topological polar surface area (TPSA) is 138 Å². The van der Waals surface area contributed by atoms with Crippen molar-refractivity contribution < 1.29 is 9.53 Å². The van der Waals surface area contributed by atoms with E-state index < -0.39 is 17.0 Å². The number of nitrogen functional groups attached to an aromatic ring is 1. The van der Waals surface area contributed by atoms with Crippen LogP contribution in [0.1, 0.15) is 21.5 Å². The van der Waals surface area contributed by atoms with Gasteiger partial charge in [0.05, 0.1) is 24.6 Å². The zero-order valence-corrected chi connectivity index (χ0v) is 17.7. The number of nitrogens with two attached hydrogens (primary N) is 1. The largest absolute Gasteiger partial charge is 0.384 e. The molecule has 0 spiro atoms. The van der Waals surface area contributed by atoms with Crippen LogP contribution >= 0.6 is 11.8 Å². The lowest BCUT2D eigenvalue weighted by atomic mass is 10.1. The number of ether oxygens (including phenoxy) is 1. The highest BCUT2D eigenvalue weighted by molar-refractivity contribution is 7.99. The zero-order chi connectivity index (χ0) is 21.8. The van der Waals surface area contributed by atoms with Crippen LogP contribution in [-0.2, 0) is 11.3 Å². The number of aryl methyl sites for hydroxylation is 2. The standard InChI is InChI=1S/C19H22N6O4S/c1-11-4-5-13(12(2)8-11)25-10-21-23-19(25)30-9-14(26)15-16(20)24(6-7-29-3)18(28)22-17(15)27/h4-5,8,10H,6-7,9,20H2,1-3H3,(H,22,27,28). The van der Waals surface area contributed by atoms with Gasteiger partial charge >= 0.3 is 5.69 Å². The molecule has 2 heterocycles. The Labute approximate surface area is 176 Å².